The molecule has 0 aliphatic rings. The third kappa shape index (κ3) is 1.56. The molecule has 0 aromatic carbocycles. The summed E-state index contributed by atoms with van der Waals surface area (Å²) in [6.07, 6.45) is 1.00. The van der Waals surface area contributed by atoms with Crippen molar-refractivity contribution in [3.63, 3.8) is 0 Å². The van der Waals surface area contributed by atoms with Gasteiger partial charge >= 0.3 is 0 Å². The first-order valence-corrected chi connectivity index (χ1v) is 3.83. The van der Waals surface area contributed by atoms with E-state index in [4.69, 9.17) is 0 Å². The van der Waals surface area contributed by atoms with Crippen LogP contribution in [0.1, 0.15) is 33.0 Å². The van der Waals surface area contributed by atoms with Crippen molar-refractivity contribution >= 4 is 0 Å². The third-order valence-electron chi connectivity index (χ3n) is 1.92. The second-order valence-electron chi connectivity index (χ2n) is 3.29. The minimum absolute atomic E-state index is 0.0126. The Morgan fingerprint density at radius 1 is 1.45 bits per heavy atom. The molecule has 0 atom stereocenters. The van der Waals surface area contributed by atoms with Gasteiger partial charge in [-0.1, -0.05) is 6.92 Å². The molecule has 0 saturated heterocycles. The van der Waals surface area contributed by atoms with Crippen LogP contribution in [0.15, 0.2) is 0 Å². The summed E-state index contributed by atoms with van der Waals surface area (Å²) in [5, 5.41) is 11.9. The molecule has 0 spiro atoms. The number of rotatable bonds is 2. The first-order chi connectivity index (χ1) is 5.06. The van der Waals surface area contributed by atoms with Crippen LogP contribution in [0.5, 0.6) is 0 Å². The highest BCUT2D eigenvalue weighted by atomic mass is 15.6. The van der Waals surface area contributed by atoms with Crippen molar-refractivity contribution in [3.8, 4) is 0 Å². The van der Waals surface area contributed by atoms with Crippen LogP contribution >= 0.6 is 0 Å². The Labute approximate surface area is 66.6 Å². The molecule has 4 heteroatoms. The van der Waals surface area contributed by atoms with Crippen molar-refractivity contribution in [2.24, 2.45) is 0 Å². The molecule has 4 nitrogen and oxygen atoms in total. The highest BCUT2D eigenvalue weighted by Gasteiger charge is 2.19. The molecule has 11 heavy (non-hydrogen) atoms. The molecular weight excluding hydrogens is 140 g/mol. The van der Waals surface area contributed by atoms with E-state index in [1.165, 1.54) is 0 Å². The monoisotopic (exact) mass is 154 g/mol. The minimum atomic E-state index is -0.0126. The Kier molecular flexibility index (Phi) is 1.93. The first-order valence-electron chi connectivity index (χ1n) is 3.83. The number of hydrogen-bond acceptors (Lipinski definition) is 3. The Bertz CT molecular complexity index is 238. The van der Waals surface area contributed by atoms with E-state index in [1.807, 2.05) is 6.92 Å². The van der Waals surface area contributed by atoms with Crippen LogP contribution in [-0.2, 0) is 5.54 Å². The smallest absolute Gasteiger partial charge is 0.159 e. The second-order valence-corrected chi connectivity index (χ2v) is 3.29. The molecule has 1 aromatic rings. The normalized spacial score (nSPS) is 12.0. The van der Waals surface area contributed by atoms with E-state index in [1.54, 1.807) is 4.80 Å². The Morgan fingerprint density at radius 3 is 2.45 bits per heavy atom. The van der Waals surface area contributed by atoms with Gasteiger partial charge in [-0.05, 0) is 32.4 Å². The summed E-state index contributed by atoms with van der Waals surface area (Å²) in [6, 6.07) is 0. The molecule has 1 rings (SSSR count). The first kappa shape index (κ1) is 8.17. The molecule has 0 aliphatic heterocycles. The van der Waals surface area contributed by atoms with Gasteiger partial charge in [0.1, 0.15) is 0 Å². The number of aromatic nitrogens is 4. The van der Waals surface area contributed by atoms with E-state index in [-0.39, 0.29) is 5.54 Å². The Balaban J connectivity index is 2.92. The van der Waals surface area contributed by atoms with E-state index in [0.717, 1.165) is 12.2 Å². The van der Waals surface area contributed by atoms with Crippen LogP contribution in [0.25, 0.3) is 0 Å². The number of tetrazole rings is 1. The SMILES string of the molecule is CCC(C)(C)n1nnc(C)n1. The lowest BCUT2D eigenvalue weighted by molar-refractivity contribution is 0.265. The average molecular weight is 154 g/mol. The van der Waals surface area contributed by atoms with Gasteiger partial charge in [-0.2, -0.15) is 4.80 Å². The second kappa shape index (κ2) is 2.60. The van der Waals surface area contributed by atoms with Gasteiger partial charge < -0.3 is 0 Å². The van der Waals surface area contributed by atoms with E-state index >= 15 is 0 Å². The molecule has 0 unspecified atom stereocenters. The van der Waals surface area contributed by atoms with Gasteiger partial charge in [-0.25, -0.2) is 0 Å². The molecule has 0 aliphatic carbocycles. The largest absolute Gasteiger partial charge is 0.171 e. The highest BCUT2D eigenvalue weighted by molar-refractivity contribution is 4.74. The summed E-state index contributed by atoms with van der Waals surface area (Å²) in [4.78, 5) is 1.67. The zero-order valence-electron chi connectivity index (χ0n) is 7.50. The summed E-state index contributed by atoms with van der Waals surface area (Å²) in [6.45, 7) is 8.14. The van der Waals surface area contributed by atoms with Gasteiger partial charge in [0.25, 0.3) is 0 Å². The van der Waals surface area contributed by atoms with Crippen LogP contribution < -0.4 is 0 Å². The van der Waals surface area contributed by atoms with Crippen molar-refractivity contribution in [2.45, 2.75) is 39.7 Å². The molecule has 62 valence electrons. The quantitative estimate of drug-likeness (QED) is 0.641. The van der Waals surface area contributed by atoms with Crippen LogP contribution in [0.2, 0.25) is 0 Å². The fourth-order valence-electron chi connectivity index (χ4n) is 0.682. The molecule has 1 heterocycles. The van der Waals surface area contributed by atoms with E-state index in [9.17, 15) is 0 Å². The van der Waals surface area contributed by atoms with Gasteiger partial charge in [-0.15, -0.1) is 10.2 Å². The van der Waals surface area contributed by atoms with E-state index in [0.29, 0.717) is 0 Å². The topological polar surface area (TPSA) is 43.6 Å². The van der Waals surface area contributed by atoms with Crippen molar-refractivity contribution < 1.29 is 0 Å². The van der Waals surface area contributed by atoms with Crippen LogP contribution in [0.4, 0.5) is 0 Å². The maximum absolute atomic E-state index is 4.15. The van der Waals surface area contributed by atoms with E-state index < -0.39 is 0 Å². The maximum atomic E-state index is 4.15. The zero-order chi connectivity index (χ0) is 8.48. The lowest BCUT2D eigenvalue weighted by atomic mass is 10.0. The highest BCUT2D eigenvalue weighted by Crippen LogP contribution is 2.15. The third-order valence-corrected chi connectivity index (χ3v) is 1.92. The molecule has 0 bridgehead atoms. The summed E-state index contributed by atoms with van der Waals surface area (Å²) < 4.78 is 0. The summed E-state index contributed by atoms with van der Waals surface area (Å²) in [5.41, 5.74) is -0.0126. The van der Waals surface area contributed by atoms with Crippen LogP contribution in [0.3, 0.4) is 0 Å². The predicted octanol–water partition coefficient (Wildman–Crippen LogP) is 1.13. The minimum Gasteiger partial charge on any atom is -0.159 e. The molecule has 0 amide bonds. The van der Waals surface area contributed by atoms with Gasteiger partial charge in [0, 0.05) is 0 Å². The lowest BCUT2D eigenvalue weighted by Crippen LogP contribution is -2.27. The molecule has 0 N–H and O–H groups in total. The summed E-state index contributed by atoms with van der Waals surface area (Å²) >= 11 is 0. The average Bonchev–Trinajstić information content (AvgIpc) is 2.36. The predicted molar refractivity (Wildman–Crippen MR) is 42.2 cm³/mol. The van der Waals surface area contributed by atoms with E-state index in [2.05, 4.69) is 36.2 Å². The van der Waals surface area contributed by atoms with Crippen molar-refractivity contribution in [2.75, 3.05) is 0 Å². The van der Waals surface area contributed by atoms with Gasteiger partial charge in [-0.3, -0.25) is 0 Å². The summed E-state index contributed by atoms with van der Waals surface area (Å²) in [7, 11) is 0. The molecule has 0 fully saturated rings. The molecule has 1 aromatic heterocycles. The van der Waals surface area contributed by atoms with Crippen molar-refractivity contribution in [1.82, 2.24) is 20.2 Å². The summed E-state index contributed by atoms with van der Waals surface area (Å²) in [5.74, 6) is 0.728. The molecule has 0 saturated carbocycles. The van der Waals surface area contributed by atoms with Gasteiger partial charge in [0.05, 0.1) is 5.54 Å². The fourth-order valence-corrected chi connectivity index (χ4v) is 0.682. The van der Waals surface area contributed by atoms with Crippen molar-refractivity contribution in [1.29, 1.82) is 0 Å². The van der Waals surface area contributed by atoms with Gasteiger partial charge in [0.15, 0.2) is 5.82 Å². The van der Waals surface area contributed by atoms with Crippen LogP contribution in [0, 0.1) is 6.92 Å². The molecular formula is C7H14N4. The fraction of sp³-hybridized carbons (Fsp3) is 0.857. The van der Waals surface area contributed by atoms with Gasteiger partial charge in [0.2, 0.25) is 0 Å². The number of nitrogens with zero attached hydrogens (tertiary/aromatic N) is 4. The van der Waals surface area contributed by atoms with Crippen LogP contribution in [-0.4, -0.2) is 20.2 Å². The molecule has 0 radical (unpaired) electrons. The Hall–Kier alpha value is -0.930. The number of hydrogen-bond donors (Lipinski definition) is 0. The zero-order valence-corrected chi connectivity index (χ0v) is 7.50. The Morgan fingerprint density at radius 2 is 2.09 bits per heavy atom. The standard InChI is InChI=1S/C7H14N4/c1-5-7(3,4)11-9-6(2)8-10-11/h5H2,1-4H3. The maximum Gasteiger partial charge on any atom is 0.171 e. The van der Waals surface area contributed by atoms with Crippen molar-refractivity contribution in [3.05, 3.63) is 5.82 Å². The lowest BCUT2D eigenvalue weighted by Gasteiger charge is -2.19. The number of aryl methyl sites for hydroxylation is 1.